The Morgan fingerprint density at radius 2 is 1.82 bits per heavy atom. The molecular weight excluding hydrogens is 444 g/mol. The standard InChI is InChI=1S/C15H10Cl3F3N6O/c1-26-11(10(18)12(24-26)15(19,20)21)13(28)23-14-22-6-27(25-14)5-7-8(16)3-2-4-9(7)17/h2-4,6H,5H2,1H3,(H,23,25,28). The number of anilines is 1. The lowest BCUT2D eigenvalue weighted by molar-refractivity contribution is -0.141. The number of alkyl halides is 3. The summed E-state index contributed by atoms with van der Waals surface area (Å²) in [6, 6.07) is 5.00. The molecule has 0 unspecified atom stereocenters. The van der Waals surface area contributed by atoms with Crippen LogP contribution in [0.15, 0.2) is 24.5 Å². The van der Waals surface area contributed by atoms with E-state index in [9.17, 15) is 18.0 Å². The molecule has 3 aromatic rings. The van der Waals surface area contributed by atoms with Crippen molar-refractivity contribution in [2.24, 2.45) is 7.05 Å². The lowest BCUT2D eigenvalue weighted by atomic mass is 10.2. The summed E-state index contributed by atoms with van der Waals surface area (Å²) >= 11 is 17.9. The van der Waals surface area contributed by atoms with Crippen molar-refractivity contribution in [2.45, 2.75) is 12.7 Å². The molecule has 0 aliphatic heterocycles. The molecule has 0 radical (unpaired) electrons. The summed E-state index contributed by atoms with van der Waals surface area (Å²) in [5, 5.41) is 9.60. The molecule has 2 aromatic heterocycles. The lowest BCUT2D eigenvalue weighted by Gasteiger charge is -2.06. The minimum atomic E-state index is -4.79. The Bertz CT molecular complexity index is 1030. The highest BCUT2D eigenvalue weighted by atomic mass is 35.5. The number of carbonyl (C=O) groups excluding carboxylic acids is 1. The molecule has 0 bridgehead atoms. The molecule has 0 spiro atoms. The minimum absolute atomic E-state index is 0.140. The van der Waals surface area contributed by atoms with E-state index in [1.165, 1.54) is 18.1 Å². The van der Waals surface area contributed by atoms with Gasteiger partial charge in [-0.2, -0.15) is 18.3 Å². The first kappa shape index (κ1) is 20.4. The van der Waals surface area contributed by atoms with E-state index in [2.05, 4.69) is 20.5 Å². The van der Waals surface area contributed by atoms with Gasteiger partial charge in [0.2, 0.25) is 5.95 Å². The van der Waals surface area contributed by atoms with Crippen LogP contribution in [0.3, 0.4) is 0 Å². The van der Waals surface area contributed by atoms with Crippen molar-refractivity contribution in [1.29, 1.82) is 0 Å². The first-order valence-electron chi connectivity index (χ1n) is 7.51. The number of nitrogens with one attached hydrogen (secondary N) is 1. The van der Waals surface area contributed by atoms with E-state index in [4.69, 9.17) is 34.8 Å². The zero-order valence-corrected chi connectivity index (χ0v) is 16.2. The monoisotopic (exact) mass is 452 g/mol. The van der Waals surface area contributed by atoms with Crippen LogP contribution in [-0.2, 0) is 19.8 Å². The minimum Gasteiger partial charge on any atom is -0.288 e. The molecule has 2 heterocycles. The van der Waals surface area contributed by atoms with Gasteiger partial charge in [0.15, 0.2) is 5.69 Å². The van der Waals surface area contributed by atoms with Crippen molar-refractivity contribution in [3.63, 3.8) is 0 Å². The van der Waals surface area contributed by atoms with E-state index in [0.717, 1.165) is 4.68 Å². The summed E-state index contributed by atoms with van der Waals surface area (Å²) in [5.41, 5.74) is -1.23. The van der Waals surface area contributed by atoms with Crippen molar-refractivity contribution in [3.8, 4) is 0 Å². The zero-order valence-electron chi connectivity index (χ0n) is 13.9. The van der Waals surface area contributed by atoms with Gasteiger partial charge in [0.25, 0.3) is 5.91 Å². The third kappa shape index (κ3) is 4.08. The van der Waals surface area contributed by atoms with E-state index >= 15 is 0 Å². The first-order chi connectivity index (χ1) is 13.1. The Hall–Kier alpha value is -2.30. The Morgan fingerprint density at radius 3 is 2.39 bits per heavy atom. The number of amides is 1. The van der Waals surface area contributed by atoms with Crippen molar-refractivity contribution < 1.29 is 18.0 Å². The summed E-state index contributed by atoms with van der Waals surface area (Å²) in [7, 11) is 1.17. The second-order valence-corrected chi connectivity index (χ2v) is 6.75. The van der Waals surface area contributed by atoms with Crippen LogP contribution < -0.4 is 5.32 Å². The van der Waals surface area contributed by atoms with Gasteiger partial charge in [-0.25, -0.2) is 9.67 Å². The number of halogens is 6. The van der Waals surface area contributed by atoms with Crippen LogP contribution >= 0.6 is 34.8 Å². The van der Waals surface area contributed by atoms with Crippen LogP contribution in [0.5, 0.6) is 0 Å². The molecule has 7 nitrogen and oxygen atoms in total. The highest BCUT2D eigenvalue weighted by Gasteiger charge is 2.39. The number of hydrogen-bond acceptors (Lipinski definition) is 4. The zero-order chi connectivity index (χ0) is 20.6. The molecule has 28 heavy (non-hydrogen) atoms. The maximum Gasteiger partial charge on any atom is 0.436 e. The van der Waals surface area contributed by atoms with Crippen LogP contribution in [-0.4, -0.2) is 30.5 Å². The Balaban J connectivity index is 1.79. The van der Waals surface area contributed by atoms with Crippen LogP contribution in [0.1, 0.15) is 21.7 Å². The number of aryl methyl sites for hydroxylation is 1. The fourth-order valence-corrected chi connectivity index (χ4v) is 3.23. The Kier molecular flexibility index (Phi) is 5.55. The fraction of sp³-hybridized carbons (Fsp3) is 0.200. The second kappa shape index (κ2) is 7.61. The van der Waals surface area contributed by atoms with Gasteiger partial charge >= 0.3 is 6.18 Å². The number of carbonyl (C=O) groups is 1. The SMILES string of the molecule is Cn1nc(C(F)(F)F)c(Cl)c1C(=O)Nc1ncn(Cc2c(Cl)cccc2Cl)n1. The van der Waals surface area contributed by atoms with Gasteiger partial charge in [-0.1, -0.05) is 40.9 Å². The van der Waals surface area contributed by atoms with E-state index in [-0.39, 0.29) is 12.5 Å². The molecule has 0 aliphatic rings. The Labute approximate surface area is 171 Å². The quantitative estimate of drug-likeness (QED) is 0.639. The molecule has 0 saturated carbocycles. The summed E-state index contributed by atoms with van der Waals surface area (Å²) < 4.78 is 40.7. The Morgan fingerprint density at radius 1 is 1.18 bits per heavy atom. The molecule has 0 fully saturated rings. The normalized spacial score (nSPS) is 11.7. The van der Waals surface area contributed by atoms with Gasteiger partial charge in [0, 0.05) is 22.7 Å². The van der Waals surface area contributed by atoms with Crippen molar-refractivity contribution >= 4 is 46.7 Å². The van der Waals surface area contributed by atoms with Crippen molar-refractivity contribution in [2.75, 3.05) is 5.32 Å². The van der Waals surface area contributed by atoms with Gasteiger partial charge < -0.3 is 0 Å². The first-order valence-corrected chi connectivity index (χ1v) is 8.64. The molecule has 0 atom stereocenters. The second-order valence-electron chi connectivity index (χ2n) is 5.55. The van der Waals surface area contributed by atoms with Gasteiger partial charge in [-0.15, -0.1) is 5.10 Å². The molecule has 1 N–H and O–H groups in total. The average Bonchev–Trinajstić information content (AvgIpc) is 3.14. The largest absolute Gasteiger partial charge is 0.436 e. The topological polar surface area (TPSA) is 77.6 Å². The molecule has 0 saturated heterocycles. The van der Waals surface area contributed by atoms with Crippen LogP contribution in [0.25, 0.3) is 0 Å². The summed E-state index contributed by atoms with van der Waals surface area (Å²) in [4.78, 5) is 16.2. The molecular formula is C15H10Cl3F3N6O. The van der Waals surface area contributed by atoms with Crippen LogP contribution in [0, 0.1) is 0 Å². The predicted molar refractivity (Wildman–Crippen MR) is 96.8 cm³/mol. The number of hydrogen-bond donors (Lipinski definition) is 1. The smallest absolute Gasteiger partial charge is 0.288 e. The molecule has 0 aliphatic carbocycles. The predicted octanol–water partition coefficient (Wildman–Crippen LogP) is 4.29. The molecule has 1 aromatic carbocycles. The molecule has 1 amide bonds. The molecule has 3 rings (SSSR count). The van der Waals surface area contributed by atoms with Gasteiger partial charge in [-0.3, -0.25) is 14.8 Å². The summed E-state index contributed by atoms with van der Waals surface area (Å²) in [6.07, 6.45) is -3.48. The third-order valence-corrected chi connectivity index (χ3v) is 4.68. The van der Waals surface area contributed by atoms with Crippen molar-refractivity contribution in [3.05, 3.63) is 56.5 Å². The van der Waals surface area contributed by atoms with E-state index in [1.54, 1.807) is 18.2 Å². The third-order valence-electron chi connectivity index (χ3n) is 3.62. The maximum absolute atomic E-state index is 12.9. The lowest BCUT2D eigenvalue weighted by Crippen LogP contribution is -2.17. The highest BCUT2D eigenvalue weighted by molar-refractivity contribution is 6.36. The van der Waals surface area contributed by atoms with Gasteiger partial charge in [-0.05, 0) is 12.1 Å². The van der Waals surface area contributed by atoms with E-state index in [0.29, 0.717) is 15.6 Å². The van der Waals surface area contributed by atoms with Gasteiger partial charge in [0.1, 0.15) is 17.0 Å². The van der Waals surface area contributed by atoms with E-state index in [1.807, 2.05) is 0 Å². The van der Waals surface area contributed by atoms with Crippen LogP contribution in [0.4, 0.5) is 19.1 Å². The molecule has 13 heteroatoms. The number of aromatic nitrogens is 5. The van der Waals surface area contributed by atoms with Crippen LogP contribution in [0.2, 0.25) is 15.1 Å². The number of nitrogens with zero attached hydrogens (tertiary/aromatic N) is 5. The van der Waals surface area contributed by atoms with Crippen molar-refractivity contribution in [1.82, 2.24) is 24.5 Å². The summed E-state index contributed by atoms with van der Waals surface area (Å²) in [6.45, 7) is 0.173. The number of benzene rings is 1. The van der Waals surface area contributed by atoms with E-state index < -0.39 is 28.5 Å². The highest BCUT2D eigenvalue weighted by Crippen LogP contribution is 2.35. The number of rotatable bonds is 4. The fourth-order valence-electron chi connectivity index (χ4n) is 2.36. The summed E-state index contributed by atoms with van der Waals surface area (Å²) in [5.74, 6) is -1.08. The van der Waals surface area contributed by atoms with Gasteiger partial charge in [0.05, 0.1) is 6.54 Å². The maximum atomic E-state index is 12.9. The average molecular weight is 454 g/mol. The molecule has 148 valence electrons.